The Kier molecular flexibility index (Phi) is 7.01. The molecule has 1 aromatic heterocycles. The lowest BCUT2D eigenvalue weighted by Gasteiger charge is -2.16. The number of nitrogens with zero attached hydrogens (tertiary/aromatic N) is 3. The summed E-state index contributed by atoms with van der Waals surface area (Å²) in [5.74, 6) is -0.115. The molecule has 2 aromatic carbocycles. The summed E-state index contributed by atoms with van der Waals surface area (Å²) in [6, 6.07) is 8.10. The molecule has 3 rings (SSSR count). The van der Waals surface area contributed by atoms with Crippen LogP contribution >= 0.6 is 15.9 Å². The predicted molar refractivity (Wildman–Crippen MR) is 122 cm³/mol. The summed E-state index contributed by atoms with van der Waals surface area (Å²) in [5, 5.41) is 17.4. The summed E-state index contributed by atoms with van der Waals surface area (Å²) in [6.07, 6.45) is -4.70. The van der Waals surface area contributed by atoms with Crippen molar-refractivity contribution in [2.24, 2.45) is 0 Å². The number of non-ortho nitro benzene ring substituents is 1. The Labute approximate surface area is 201 Å². The number of halogens is 4. The molecule has 1 N–H and O–H groups in total. The van der Waals surface area contributed by atoms with E-state index in [9.17, 15) is 28.1 Å². The third-order valence-corrected chi connectivity index (χ3v) is 5.98. The molecule has 0 bridgehead atoms. The van der Waals surface area contributed by atoms with Gasteiger partial charge in [-0.2, -0.15) is 18.3 Å². The van der Waals surface area contributed by atoms with Gasteiger partial charge in [0.25, 0.3) is 5.69 Å². The first-order chi connectivity index (χ1) is 15.8. The first kappa shape index (κ1) is 25.2. The molecule has 34 heavy (non-hydrogen) atoms. The maximum atomic E-state index is 13.2. The molecule has 0 aliphatic rings. The van der Waals surface area contributed by atoms with Gasteiger partial charge < -0.3 is 10.1 Å². The molecule has 0 fully saturated rings. The van der Waals surface area contributed by atoms with E-state index in [1.165, 1.54) is 26.0 Å². The molecule has 0 spiro atoms. The molecular formula is C22H20BrF3N4O4. The smallest absolute Gasteiger partial charge is 0.436 e. The van der Waals surface area contributed by atoms with Crippen LogP contribution < -0.4 is 10.1 Å². The Morgan fingerprint density at radius 1 is 1.21 bits per heavy atom. The molecule has 0 saturated carbocycles. The van der Waals surface area contributed by atoms with E-state index < -0.39 is 28.7 Å². The summed E-state index contributed by atoms with van der Waals surface area (Å²) in [5.41, 5.74) is 0.399. The Morgan fingerprint density at radius 2 is 1.88 bits per heavy atom. The first-order valence-electron chi connectivity index (χ1n) is 9.95. The average molecular weight is 541 g/mol. The highest BCUT2D eigenvalue weighted by molar-refractivity contribution is 9.10. The van der Waals surface area contributed by atoms with Gasteiger partial charge in [0.1, 0.15) is 17.5 Å². The predicted octanol–water partition coefficient (Wildman–Crippen LogP) is 6.49. The molecule has 0 aliphatic heterocycles. The van der Waals surface area contributed by atoms with Gasteiger partial charge >= 0.3 is 6.18 Å². The fourth-order valence-electron chi connectivity index (χ4n) is 3.18. The van der Waals surface area contributed by atoms with E-state index in [0.29, 0.717) is 5.75 Å². The van der Waals surface area contributed by atoms with Crippen LogP contribution in [0.3, 0.4) is 0 Å². The number of hydrogen-bond acceptors (Lipinski definition) is 5. The van der Waals surface area contributed by atoms with Crippen molar-refractivity contribution in [2.45, 2.75) is 39.9 Å². The lowest BCUT2D eigenvalue weighted by Crippen LogP contribution is -2.25. The lowest BCUT2D eigenvalue weighted by molar-refractivity contribution is -0.384. The van der Waals surface area contributed by atoms with Crippen molar-refractivity contribution < 1.29 is 27.6 Å². The Morgan fingerprint density at radius 3 is 2.47 bits per heavy atom. The van der Waals surface area contributed by atoms with Gasteiger partial charge in [-0.25, -0.2) is 0 Å². The number of ether oxygens (including phenoxy) is 1. The zero-order valence-electron chi connectivity index (χ0n) is 18.5. The molecule has 1 amide bonds. The Balaban J connectivity index is 1.91. The molecule has 1 heterocycles. The fraction of sp³-hybridized carbons (Fsp3) is 0.273. The van der Waals surface area contributed by atoms with Crippen molar-refractivity contribution in [1.82, 2.24) is 9.78 Å². The number of alkyl halides is 3. The quantitative estimate of drug-likeness (QED) is 0.284. The van der Waals surface area contributed by atoms with E-state index in [0.717, 1.165) is 21.9 Å². The highest BCUT2D eigenvalue weighted by Crippen LogP contribution is 2.37. The van der Waals surface area contributed by atoms with Crippen LogP contribution in [0.1, 0.15) is 35.5 Å². The highest BCUT2D eigenvalue weighted by Gasteiger charge is 2.39. The fourth-order valence-corrected chi connectivity index (χ4v) is 3.66. The van der Waals surface area contributed by atoms with Crippen LogP contribution in [0.5, 0.6) is 11.5 Å². The van der Waals surface area contributed by atoms with Crippen molar-refractivity contribution in [2.75, 3.05) is 5.32 Å². The third kappa shape index (κ3) is 5.38. The molecule has 1 unspecified atom stereocenters. The van der Waals surface area contributed by atoms with Gasteiger partial charge in [-0.3, -0.25) is 19.6 Å². The van der Waals surface area contributed by atoms with Crippen molar-refractivity contribution in [1.29, 1.82) is 0 Å². The number of carbonyl (C=O) groups is 1. The summed E-state index contributed by atoms with van der Waals surface area (Å²) in [4.78, 5) is 23.6. The number of nitrogens with one attached hydrogen (secondary N) is 1. The molecule has 8 nitrogen and oxygen atoms in total. The lowest BCUT2D eigenvalue weighted by atomic mass is 10.1. The van der Waals surface area contributed by atoms with E-state index >= 15 is 0 Å². The van der Waals surface area contributed by atoms with Crippen molar-refractivity contribution in [3.63, 3.8) is 0 Å². The number of hydrogen-bond donors (Lipinski definition) is 1. The number of aromatic nitrogens is 2. The van der Waals surface area contributed by atoms with Gasteiger partial charge in [0, 0.05) is 12.1 Å². The molecule has 12 heteroatoms. The summed E-state index contributed by atoms with van der Waals surface area (Å²) >= 11 is 2.87. The number of benzene rings is 2. The van der Waals surface area contributed by atoms with E-state index in [1.807, 2.05) is 26.0 Å². The van der Waals surface area contributed by atoms with Crippen molar-refractivity contribution in [3.05, 3.63) is 73.5 Å². The van der Waals surface area contributed by atoms with Crippen LogP contribution in [0.15, 0.2) is 40.9 Å². The van der Waals surface area contributed by atoms with E-state index in [1.54, 1.807) is 6.07 Å². The second-order valence-corrected chi connectivity index (χ2v) is 8.49. The summed E-state index contributed by atoms with van der Waals surface area (Å²) in [6.45, 7) is 6.44. The summed E-state index contributed by atoms with van der Waals surface area (Å²) in [7, 11) is 0. The number of carbonyl (C=O) groups excluding carboxylic acids is 1. The summed E-state index contributed by atoms with van der Waals surface area (Å²) < 4.78 is 46.0. The number of anilines is 1. The zero-order chi connectivity index (χ0) is 25.4. The largest absolute Gasteiger partial charge is 0.457 e. The number of aryl methyl sites for hydroxylation is 2. The highest BCUT2D eigenvalue weighted by atomic mass is 79.9. The average Bonchev–Trinajstić information content (AvgIpc) is 3.05. The standard InChI is InChI=1S/C22H20BrF3N4O4/c1-11-5-6-12(2)18(7-11)34-17-9-15(8-16(10-17)30(32)33)27-21(31)14(4)29-13(3)19(23)20(28-29)22(24,25)26/h5-10,14H,1-4H3,(H,27,31). The first-order valence-corrected chi connectivity index (χ1v) is 10.7. The minimum atomic E-state index is -4.70. The maximum absolute atomic E-state index is 13.2. The van der Waals surface area contributed by atoms with Gasteiger partial charge in [-0.1, -0.05) is 12.1 Å². The maximum Gasteiger partial charge on any atom is 0.436 e. The number of amides is 1. The Bertz CT molecular complexity index is 1270. The SMILES string of the molecule is Cc1ccc(C)c(Oc2cc(NC(=O)C(C)n3nc(C(F)(F)F)c(Br)c3C)cc([N+](=O)[O-])c2)c1. The van der Waals surface area contributed by atoms with E-state index in [4.69, 9.17) is 4.74 Å². The van der Waals surface area contributed by atoms with Crippen LogP contribution in [0.25, 0.3) is 0 Å². The van der Waals surface area contributed by atoms with Gasteiger partial charge in [0.05, 0.1) is 26.8 Å². The van der Waals surface area contributed by atoms with Crippen LogP contribution in [0.2, 0.25) is 0 Å². The van der Waals surface area contributed by atoms with Gasteiger partial charge in [-0.05, 0) is 60.8 Å². The van der Waals surface area contributed by atoms with Gasteiger partial charge in [-0.15, -0.1) is 0 Å². The number of nitro groups is 1. The van der Waals surface area contributed by atoms with Crippen LogP contribution in [0, 0.1) is 30.9 Å². The molecule has 0 radical (unpaired) electrons. The normalized spacial score (nSPS) is 12.4. The van der Waals surface area contributed by atoms with Crippen molar-refractivity contribution in [3.8, 4) is 11.5 Å². The van der Waals surface area contributed by atoms with Crippen LogP contribution in [-0.2, 0) is 11.0 Å². The third-order valence-electron chi connectivity index (χ3n) is 5.03. The van der Waals surface area contributed by atoms with Crippen LogP contribution in [0.4, 0.5) is 24.5 Å². The second kappa shape index (κ2) is 9.45. The van der Waals surface area contributed by atoms with Crippen LogP contribution in [-0.4, -0.2) is 20.6 Å². The van der Waals surface area contributed by atoms with E-state index in [2.05, 4.69) is 26.3 Å². The molecule has 3 aromatic rings. The van der Waals surface area contributed by atoms with Gasteiger partial charge in [0.2, 0.25) is 5.91 Å². The van der Waals surface area contributed by atoms with E-state index in [-0.39, 0.29) is 27.3 Å². The second-order valence-electron chi connectivity index (χ2n) is 7.70. The number of nitro benzene ring substituents is 1. The van der Waals surface area contributed by atoms with Gasteiger partial charge in [0.15, 0.2) is 5.69 Å². The monoisotopic (exact) mass is 540 g/mol. The zero-order valence-corrected chi connectivity index (χ0v) is 20.1. The number of rotatable bonds is 6. The minimum Gasteiger partial charge on any atom is -0.457 e. The Hall–Kier alpha value is -3.41. The van der Waals surface area contributed by atoms with Crippen molar-refractivity contribution >= 4 is 33.2 Å². The minimum absolute atomic E-state index is 0.0475. The topological polar surface area (TPSA) is 99.3 Å². The molecule has 0 saturated heterocycles. The molecule has 180 valence electrons. The molecule has 0 aliphatic carbocycles. The molecular weight excluding hydrogens is 521 g/mol. The molecule has 1 atom stereocenters.